The molecule has 0 amide bonds. The van der Waals surface area contributed by atoms with Gasteiger partial charge in [0.05, 0.1) is 16.1 Å². The largest absolute Gasteiger partial charge is 0.409 e. The highest BCUT2D eigenvalue weighted by molar-refractivity contribution is 6.73. The van der Waals surface area contributed by atoms with E-state index in [0.29, 0.717) is 10.0 Å². The summed E-state index contributed by atoms with van der Waals surface area (Å²) >= 11 is 12.9. The van der Waals surface area contributed by atoms with E-state index in [9.17, 15) is 0 Å². The molecule has 6 heteroatoms. The summed E-state index contributed by atoms with van der Waals surface area (Å²) in [4.78, 5) is 4.10. The first-order chi connectivity index (χ1) is 12.0. The third-order valence-corrected chi connectivity index (χ3v) is 11.0. The zero-order chi connectivity index (χ0) is 18.3. The predicted molar refractivity (Wildman–Crippen MR) is 110 cm³/mol. The number of rotatable bonds is 10. The molecule has 1 aromatic rings. The van der Waals surface area contributed by atoms with Crippen LogP contribution in [0, 0.1) is 5.92 Å². The van der Waals surface area contributed by atoms with Gasteiger partial charge in [0.25, 0.3) is 0 Å². The smallest absolute Gasteiger partial charge is 0.192 e. The van der Waals surface area contributed by atoms with Gasteiger partial charge >= 0.3 is 0 Å². The second kappa shape index (κ2) is 10.3. The fourth-order valence-corrected chi connectivity index (χ4v) is 7.28. The molecule has 1 aromatic heterocycles. The first-order valence-electron chi connectivity index (χ1n) is 9.72. The number of aromatic nitrogens is 1. The van der Waals surface area contributed by atoms with Gasteiger partial charge < -0.3 is 9.74 Å². The van der Waals surface area contributed by atoms with E-state index in [1.165, 1.54) is 25.7 Å². The number of nitrogens with one attached hydrogen (secondary N) is 1. The first-order valence-corrected chi connectivity index (χ1v) is 13.0. The Bertz CT molecular complexity index is 506. The van der Waals surface area contributed by atoms with Gasteiger partial charge in [-0.1, -0.05) is 56.8 Å². The van der Waals surface area contributed by atoms with Gasteiger partial charge in [-0.05, 0) is 43.4 Å². The Kier molecular flexibility index (Phi) is 8.69. The monoisotopic (exact) mass is 402 g/mol. The predicted octanol–water partition coefficient (Wildman–Crippen LogP) is 6.23. The van der Waals surface area contributed by atoms with Gasteiger partial charge in [0, 0.05) is 24.5 Å². The number of hydrogen-bond donors (Lipinski definition) is 1. The summed E-state index contributed by atoms with van der Waals surface area (Å²) in [7, 11) is -1.77. The Morgan fingerprint density at radius 1 is 1.12 bits per heavy atom. The van der Waals surface area contributed by atoms with Crippen molar-refractivity contribution in [2.45, 2.75) is 70.7 Å². The molecule has 0 radical (unpaired) electrons. The zero-order valence-electron chi connectivity index (χ0n) is 15.8. The van der Waals surface area contributed by atoms with E-state index in [-0.39, 0.29) is 6.10 Å². The lowest BCUT2D eigenvalue weighted by Crippen LogP contribution is -2.40. The van der Waals surface area contributed by atoms with Crippen LogP contribution in [-0.4, -0.2) is 26.4 Å². The maximum atomic E-state index is 6.78. The Labute approximate surface area is 164 Å². The van der Waals surface area contributed by atoms with Gasteiger partial charge in [0.2, 0.25) is 0 Å². The summed E-state index contributed by atoms with van der Waals surface area (Å²) < 4.78 is 6.78. The number of halogens is 2. The molecule has 0 aliphatic heterocycles. The van der Waals surface area contributed by atoms with Crippen molar-refractivity contribution < 1.29 is 4.43 Å². The molecule has 1 N–H and O–H groups in total. The molecular weight excluding hydrogens is 371 g/mol. The Hall–Kier alpha value is -0.133. The van der Waals surface area contributed by atoms with E-state index in [2.05, 4.69) is 31.1 Å². The molecule has 1 unspecified atom stereocenters. The number of hydrogen-bond acceptors (Lipinski definition) is 3. The lowest BCUT2D eigenvalue weighted by Gasteiger charge is -2.34. The lowest BCUT2D eigenvalue weighted by atomic mass is 10.1. The van der Waals surface area contributed by atoms with Gasteiger partial charge in [-0.2, -0.15) is 0 Å². The van der Waals surface area contributed by atoms with Gasteiger partial charge in [-0.15, -0.1) is 0 Å². The summed E-state index contributed by atoms with van der Waals surface area (Å²) in [5, 5.41) is 4.84. The van der Waals surface area contributed by atoms with Crippen LogP contribution in [0.2, 0.25) is 28.2 Å². The van der Waals surface area contributed by atoms with Gasteiger partial charge in [-0.25, -0.2) is 0 Å². The molecule has 0 aromatic carbocycles. The van der Waals surface area contributed by atoms with Gasteiger partial charge in [0.1, 0.15) is 0 Å². The topological polar surface area (TPSA) is 34.1 Å². The molecule has 142 valence electrons. The molecule has 2 rings (SSSR count). The molecule has 3 nitrogen and oxygen atoms in total. The minimum atomic E-state index is -1.77. The minimum Gasteiger partial charge on any atom is -0.409 e. The lowest BCUT2D eigenvalue weighted by molar-refractivity contribution is 0.184. The summed E-state index contributed by atoms with van der Waals surface area (Å²) in [6.45, 7) is 8.56. The van der Waals surface area contributed by atoms with Crippen LogP contribution in [0.3, 0.4) is 0 Å². The molecule has 1 saturated carbocycles. The van der Waals surface area contributed by atoms with Crippen molar-refractivity contribution in [3.8, 4) is 0 Å². The van der Waals surface area contributed by atoms with Crippen molar-refractivity contribution in [1.29, 1.82) is 0 Å². The highest BCUT2D eigenvalue weighted by atomic mass is 35.5. The fourth-order valence-electron chi connectivity index (χ4n) is 3.87. The van der Waals surface area contributed by atoms with Crippen LogP contribution in [0.15, 0.2) is 12.4 Å². The molecule has 1 heterocycles. The van der Waals surface area contributed by atoms with Crippen molar-refractivity contribution in [2.75, 3.05) is 13.1 Å². The summed E-state index contributed by atoms with van der Waals surface area (Å²) in [5.74, 6) is 0.801. The zero-order valence-corrected chi connectivity index (χ0v) is 18.3. The average Bonchev–Trinajstić information content (AvgIpc) is 3.12. The van der Waals surface area contributed by atoms with E-state index in [0.717, 1.165) is 42.7 Å². The second-order valence-corrected chi connectivity index (χ2v) is 12.7. The molecule has 0 spiro atoms. The Morgan fingerprint density at radius 3 is 2.20 bits per heavy atom. The van der Waals surface area contributed by atoms with Crippen LogP contribution in [-0.2, 0) is 4.43 Å². The summed E-state index contributed by atoms with van der Waals surface area (Å²) in [5.41, 5.74) is 0.893. The van der Waals surface area contributed by atoms with E-state index >= 15 is 0 Å². The fraction of sp³-hybridized carbons (Fsp3) is 0.737. The molecule has 1 aliphatic rings. The maximum Gasteiger partial charge on any atom is 0.192 e. The normalized spacial score (nSPS) is 17.2. The minimum absolute atomic E-state index is 0.101. The quantitative estimate of drug-likeness (QED) is 0.470. The van der Waals surface area contributed by atoms with Crippen LogP contribution >= 0.6 is 23.2 Å². The van der Waals surface area contributed by atoms with E-state index < -0.39 is 8.32 Å². The standard InChI is InChI=1S/C19H32Cl2N2OSi/c1-4-25(5-2,6-3)24-18(14-22-11-15-9-7-8-10-15)19-16(20)12-23-13-17(19)21/h12-13,15,18,22H,4-11,14H2,1-3H3. The van der Waals surface area contributed by atoms with Gasteiger partial charge in [-0.3, -0.25) is 4.98 Å². The highest BCUT2D eigenvalue weighted by Crippen LogP contribution is 2.36. The van der Waals surface area contributed by atoms with E-state index in [4.69, 9.17) is 27.6 Å². The average molecular weight is 403 g/mol. The van der Waals surface area contributed by atoms with Crippen LogP contribution in [0.4, 0.5) is 0 Å². The SMILES string of the molecule is CC[Si](CC)(CC)OC(CNCC1CCCC1)c1c(Cl)cncc1Cl. The highest BCUT2D eigenvalue weighted by Gasteiger charge is 2.34. The van der Waals surface area contributed by atoms with Crippen molar-refractivity contribution in [3.63, 3.8) is 0 Å². The molecule has 25 heavy (non-hydrogen) atoms. The van der Waals surface area contributed by atoms with E-state index in [1.807, 2.05) is 0 Å². The van der Waals surface area contributed by atoms with Crippen LogP contribution in [0.5, 0.6) is 0 Å². The molecule has 1 atom stereocenters. The molecule has 0 bridgehead atoms. The van der Waals surface area contributed by atoms with Crippen LogP contribution < -0.4 is 5.32 Å². The third kappa shape index (κ3) is 5.67. The Balaban J connectivity index is 2.15. The third-order valence-electron chi connectivity index (χ3n) is 5.78. The molecule has 0 saturated heterocycles. The number of pyridine rings is 1. The van der Waals surface area contributed by atoms with Crippen LogP contribution in [0.25, 0.3) is 0 Å². The molecule has 1 fully saturated rings. The Morgan fingerprint density at radius 2 is 1.68 bits per heavy atom. The van der Waals surface area contributed by atoms with Crippen molar-refractivity contribution in [2.24, 2.45) is 5.92 Å². The van der Waals surface area contributed by atoms with Crippen molar-refractivity contribution in [1.82, 2.24) is 10.3 Å². The van der Waals surface area contributed by atoms with Crippen molar-refractivity contribution in [3.05, 3.63) is 28.0 Å². The molecule has 1 aliphatic carbocycles. The summed E-state index contributed by atoms with van der Waals surface area (Å²) in [6, 6.07) is 3.33. The van der Waals surface area contributed by atoms with Crippen LogP contribution in [0.1, 0.15) is 58.1 Å². The first kappa shape index (κ1) is 21.2. The van der Waals surface area contributed by atoms with E-state index in [1.54, 1.807) is 12.4 Å². The molecular formula is C19H32Cl2N2OSi. The summed E-state index contributed by atoms with van der Waals surface area (Å²) in [6.07, 6.45) is 8.65. The number of nitrogens with zero attached hydrogens (tertiary/aromatic N) is 1. The second-order valence-electron chi connectivity index (χ2n) is 7.18. The van der Waals surface area contributed by atoms with Gasteiger partial charge in [0.15, 0.2) is 8.32 Å². The van der Waals surface area contributed by atoms with Crippen molar-refractivity contribution >= 4 is 31.5 Å². The maximum absolute atomic E-state index is 6.78.